The Bertz CT molecular complexity index is 222. The normalized spacial score (nSPS) is 12.2. The largest absolute Gasteiger partial charge is 0.463 e. The SMILES string of the molecule is CCCCC(C(=O)OCC)=C(N)CCC. The summed E-state index contributed by atoms with van der Waals surface area (Å²) in [5.41, 5.74) is 7.26. The molecule has 0 aliphatic heterocycles. The van der Waals surface area contributed by atoms with Gasteiger partial charge in [-0.1, -0.05) is 26.7 Å². The number of hydrogen-bond acceptors (Lipinski definition) is 3. The lowest BCUT2D eigenvalue weighted by molar-refractivity contribution is -0.138. The lowest BCUT2D eigenvalue weighted by Gasteiger charge is -2.10. The second-order valence-corrected chi connectivity index (χ2v) is 3.58. The molecule has 0 radical (unpaired) electrons. The highest BCUT2D eigenvalue weighted by Gasteiger charge is 2.13. The summed E-state index contributed by atoms with van der Waals surface area (Å²) in [7, 11) is 0. The van der Waals surface area contributed by atoms with E-state index in [0.717, 1.165) is 32.1 Å². The van der Waals surface area contributed by atoms with Crippen molar-refractivity contribution in [2.24, 2.45) is 5.73 Å². The van der Waals surface area contributed by atoms with Crippen molar-refractivity contribution in [3.8, 4) is 0 Å². The molecule has 0 saturated heterocycles. The predicted octanol–water partition coefficient (Wildman–Crippen LogP) is 2.75. The Labute approximate surface area is 92.7 Å². The molecule has 0 unspecified atom stereocenters. The van der Waals surface area contributed by atoms with E-state index < -0.39 is 0 Å². The summed E-state index contributed by atoms with van der Waals surface area (Å²) in [4.78, 5) is 11.6. The molecule has 0 amide bonds. The zero-order chi connectivity index (χ0) is 11.7. The fourth-order valence-electron chi connectivity index (χ4n) is 1.39. The fourth-order valence-corrected chi connectivity index (χ4v) is 1.39. The lowest BCUT2D eigenvalue weighted by atomic mass is 10.0. The summed E-state index contributed by atoms with van der Waals surface area (Å²) in [5, 5.41) is 0. The Balaban J connectivity index is 4.54. The average molecular weight is 213 g/mol. The standard InChI is InChI=1S/C12H23NO2/c1-4-7-9-10(11(13)8-5-2)12(14)15-6-3/h4-9,13H2,1-3H3. The maximum absolute atomic E-state index is 11.6. The van der Waals surface area contributed by atoms with E-state index in [1.807, 2.05) is 6.92 Å². The lowest BCUT2D eigenvalue weighted by Crippen LogP contribution is -2.14. The Morgan fingerprint density at radius 1 is 1.13 bits per heavy atom. The summed E-state index contributed by atoms with van der Waals surface area (Å²) in [6.45, 7) is 6.37. The molecule has 0 aromatic rings. The van der Waals surface area contributed by atoms with Crippen molar-refractivity contribution in [3.63, 3.8) is 0 Å². The Kier molecular flexibility index (Phi) is 7.78. The van der Waals surface area contributed by atoms with Gasteiger partial charge in [0.2, 0.25) is 0 Å². The molecule has 15 heavy (non-hydrogen) atoms. The smallest absolute Gasteiger partial charge is 0.335 e. The minimum atomic E-state index is -0.239. The van der Waals surface area contributed by atoms with Gasteiger partial charge in [-0.15, -0.1) is 0 Å². The molecule has 3 nitrogen and oxygen atoms in total. The van der Waals surface area contributed by atoms with Crippen molar-refractivity contribution in [2.45, 2.75) is 52.9 Å². The molecule has 0 heterocycles. The molecule has 2 N–H and O–H groups in total. The van der Waals surface area contributed by atoms with E-state index >= 15 is 0 Å². The number of allylic oxidation sites excluding steroid dienone is 1. The number of carbonyl (C=O) groups excluding carboxylic acids is 1. The predicted molar refractivity (Wildman–Crippen MR) is 62.3 cm³/mol. The van der Waals surface area contributed by atoms with Crippen LogP contribution < -0.4 is 5.73 Å². The molecular formula is C12H23NO2. The molecule has 0 bridgehead atoms. The highest BCUT2D eigenvalue weighted by atomic mass is 16.5. The quantitative estimate of drug-likeness (QED) is 0.522. The van der Waals surface area contributed by atoms with E-state index in [1.54, 1.807) is 0 Å². The van der Waals surface area contributed by atoms with Gasteiger partial charge in [0, 0.05) is 5.70 Å². The van der Waals surface area contributed by atoms with Crippen LogP contribution in [-0.4, -0.2) is 12.6 Å². The molecule has 0 saturated carbocycles. The minimum Gasteiger partial charge on any atom is -0.463 e. The van der Waals surface area contributed by atoms with Crippen LogP contribution >= 0.6 is 0 Å². The van der Waals surface area contributed by atoms with Crippen LogP contribution in [0.1, 0.15) is 52.9 Å². The molecule has 0 aromatic carbocycles. The first kappa shape index (κ1) is 14.0. The zero-order valence-electron chi connectivity index (χ0n) is 10.1. The van der Waals surface area contributed by atoms with Gasteiger partial charge in [0.05, 0.1) is 12.2 Å². The van der Waals surface area contributed by atoms with Gasteiger partial charge >= 0.3 is 5.97 Å². The van der Waals surface area contributed by atoms with E-state index in [-0.39, 0.29) is 5.97 Å². The number of esters is 1. The topological polar surface area (TPSA) is 52.3 Å². The molecule has 0 aliphatic rings. The van der Waals surface area contributed by atoms with Crippen LogP contribution in [0.5, 0.6) is 0 Å². The van der Waals surface area contributed by atoms with Crippen molar-refractivity contribution in [1.82, 2.24) is 0 Å². The van der Waals surface area contributed by atoms with Gasteiger partial charge in [-0.25, -0.2) is 4.79 Å². The first-order valence-corrected chi connectivity index (χ1v) is 5.81. The Hall–Kier alpha value is -0.990. The molecule has 88 valence electrons. The summed E-state index contributed by atoms with van der Waals surface area (Å²) >= 11 is 0. The van der Waals surface area contributed by atoms with Crippen LogP contribution in [0.2, 0.25) is 0 Å². The molecule has 0 fully saturated rings. The summed E-state index contributed by atoms with van der Waals surface area (Å²) < 4.78 is 4.99. The van der Waals surface area contributed by atoms with Crippen molar-refractivity contribution >= 4 is 5.97 Å². The van der Waals surface area contributed by atoms with E-state index in [9.17, 15) is 4.79 Å². The second-order valence-electron chi connectivity index (χ2n) is 3.58. The maximum Gasteiger partial charge on any atom is 0.335 e. The Morgan fingerprint density at radius 3 is 2.27 bits per heavy atom. The summed E-state index contributed by atoms with van der Waals surface area (Å²) in [6.07, 6.45) is 4.51. The number of carbonyl (C=O) groups is 1. The summed E-state index contributed by atoms with van der Waals surface area (Å²) in [6, 6.07) is 0. The highest BCUT2D eigenvalue weighted by molar-refractivity contribution is 5.89. The third-order valence-electron chi connectivity index (χ3n) is 2.21. The fraction of sp³-hybridized carbons (Fsp3) is 0.750. The Morgan fingerprint density at radius 2 is 1.80 bits per heavy atom. The first-order chi connectivity index (χ1) is 7.17. The van der Waals surface area contributed by atoms with Crippen LogP contribution in [0.25, 0.3) is 0 Å². The van der Waals surface area contributed by atoms with Crippen molar-refractivity contribution < 1.29 is 9.53 Å². The van der Waals surface area contributed by atoms with Crippen LogP contribution in [0, 0.1) is 0 Å². The van der Waals surface area contributed by atoms with Crippen molar-refractivity contribution in [1.29, 1.82) is 0 Å². The molecule has 0 rings (SSSR count). The van der Waals surface area contributed by atoms with Crippen LogP contribution in [-0.2, 0) is 9.53 Å². The van der Waals surface area contributed by atoms with Gasteiger partial charge in [0.15, 0.2) is 0 Å². The summed E-state index contributed by atoms with van der Waals surface area (Å²) in [5.74, 6) is -0.239. The van der Waals surface area contributed by atoms with E-state index in [2.05, 4.69) is 13.8 Å². The first-order valence-electron chi connectivity index (χ1n) is 5.81. The molecular weight excluding hydrogens is 190 g/mol. The van der Waals surface area contributed by atoms with Gasteiger partial charge in [0.25, 0.3) is 0 Å². The maximum atomic E-state index is 11.6. The molecule has 0 aromatic heterocycles. The number of ether oxygens (including phenoxy) is 1. The van der Waals surface area contributed by atoms with Crippen molar-refractivity contribution in [3.05, 3.63) is 11.3 Å². The number of rotatable bonds is 7. The van der Waals surface area contributed by atoms with E-state index in [4.69, 9.17) is 10.5 Å². The number of hydrogen-bond donors (Lipinski definition) is 1. The highest BCUT2D eigenvalue weighted by Crippen LogP contribution is 2.15. The number of unbranched alkanes of at least 4 members (excludes halogenated alkanes) is 1. The van der Waals surface area contributed by atoms with Crippen LogP contribution in [0.4, 0.5) is 0 Å². The van der Waals surface area contributed by atoms with Gasteiger partial charge < -0.3 is 10.5 Å². The van der Waals surface area contributed by atoms with E-state index in [1.165, 1.54) is 0 Å². The van der Waals surface area contributed by atoms with Crippen LogP contribution in [0.15, 0.2) is 11.3 Å². The zero-order valence-corrected chi connectivity index (χ0v) is 10.1. The second kappa shape index (κ2) is 8.33. The van der Waals surface area contributed by atoms with Gasteiger partial charge in [-0.05, 0) is 26.2 Å². The average Bonchev–Trinajstić information content (AvgIpc) is 2.19. The van der Waals surface area contributed by atoms with Crippen LogP contribution in [0.3, 0.4) is 0 Å². The third kappa shape index (κ3) is 5.45. The molecule has 0 spiro atoms. The monoisotopic (exact) mass is 213 g/mol. The van der Waals surface area contributed by atoms with Gasteiger partial charge in [0.1, 0.15) is 0 Å². The van der Waals surface area contributed by atoms with Gasteiger partial charge in [-0.2, -0.15) is 0 Å². The minimum absolute atomic E-state index is 0.239. The molecule has 0 aliphatic carbocycles. The number of nitrogens with two attached hydrogens (primary N) is 1. The molecule has 0 atom stereocenters. The third-order valence-corrected chi connectivity index (χ3v) is 2.21. The van der Waals surface area contributed by atoms with Gasteiger partial charge in [-0.3, -0.25) is 0 Å². The van der Waals surface area contributed by atoms with E-state index in [0.29, 0.717) is 17.9 Å². The molecule has 3 heteroatoms. The van der Waals surface area contributed by atoms with Crippen molar-refractivity contribution in [2.75, 3.05) is 6.61 Å².